The molecule has 80 valence electrons. The predicted molar refractivity (Wildman–Crippen MR) is 67.2 cm³/mol. The van der Waals surface area contributed by atoms with Gasteiger partial charge in [-0.3, -0.25) is 4.98 Å². The van der Waals surface area contributed by atoms with Crippen LogP contribution in [0.5, 0.6) is 0 Å². The van der Waals surface area contributed by atoms with Crippen LogP contribution in [0.2, 0.25) is 0 Å². The highest BCUT2D eigenvalue weighted by Gasteiger charge is 2.18. The Bertz CT molecular complexity index is 574. The summed E-state index contributed by atoms with van der Waals surface area (Å²) in [6, 6.07) is 8.22. The van der Waals surface area contributed by atoms with E-state index in [0.717, 1.165) is 16.6 Å². The molecule has 0 amide bonds. The third-order valence-electron chi connectivity index (χ3n) is 3.05. The number of pyridine rings is 1. The highest BCUT2D eigenvalue weighted by molar-refractivity contribution is 5.96. The van der Waals surface area contributed by atoms with Crippen molar-refractivity contribution in [1.29, 1.82) is 0 Å². The standard InChI is InChI=1S/C13H13N3/c1-16-11(14)7-6-10-5-4-9-3-2-8-15-12(9)13(10)16/h2-8,11H,14H2,1H3. The topological polar surface area (TPSA) is 42.2 Å². The molecule has 1 aromatic carbocycles. The first-order valence-electron chi connectivity index (χ1n) is 5.32. The molecule has 3 nitrogen and oxygen atoms in total. The zero-order chi connectivity index (χ0) is 11.1. The molecule has 0 bridgehead atoms. The Labute approximate surface area is 94.2 Å². The van der Waals surface area contributed by atoms with Crippen molar-refractivity contribution in [3.05, 3.63) is 42.1 Å². The van der Waals surface area contributed by atoms with Crippen LogP contribution in [-0.2, 0) is 0 Å². The second-order valence-corrected chi connectivity index (χ2v) is 4.04. The van der Waals surface area contributed by atoms with Gasteiger partial charge in [-0.15, -0.1) is 0 Å². The van der Waals surface area contributed by atoms with Gasteiger partial charge in [0.1, 0.15) is 0 Å². The summed E-state index contributed by atoms with van der Waals surface area (Å²) in [7, 11) is 2.00. The molecule has 0 saturated heterocycles. The molecule has 0 radical (unpaired) electrons. The summed E-state index contributed by atoms with van der Waals surface area (Å²) >= 11 is 0. The molecule has 1 atom stereocenters. The van der Waals surface area contributed by atoms with Gasteiger partial charge in [-0.25, -0.2) is 0 Å². The Balaban J connectivity index is 2.37. The quantitative estimate of drug-likeness (QED) is 0.724. The Hall–Kier alpha value is -1.87. The number of fused-ring (bicyclic) bond motifs is 3. The molecule has 16 heavy (non-hydrogen) atoms. The van der Waals surface area contributed by atoms with Crippen molar-refractivity contribution in [2.75, 3.05) is 11.9 Å². The van der Waals surface area contributed by atoms with Gasteiger partial charge in [0.2, 0.25) is 0 Å². The van der Waals surface area contributed by atoms with Gasteiger partial charge < -0.3 is 10.6 Å². The van der Waals surface area contributed by atoms with Gasteiger partial charge in [0.05, 0.1) is 17.4 Å². The third-order valence-corrected chi connectivity index (χ3v) is 3.05. The molecule has 3 rings (SSSR count). The number of hydrogen-bond acceptors (Lipinski definition) is 3. The van der Waals surface area contributed by atoms with E-state index in [1.165, 1.54) is 5.56 Å². The van der Waals surface area contributed by atoms with Crippen LogP contribution in [0.3, 0.4) is 0 Å². The number of likely N-dealkylation sites (N-methyl/N-ethyl adjacent to an activating group) is 1. The lowest BCUT2D eigenvalue weighted by atomic mass is 10.0. The molecule has 1 aromatic heterocycles. The first kappa shape index (κ1) is 9.36. The summed E-state index contributed by atoms with van der Waals surface area (Å²) in [5.74, 6) is 0. The van der Waals surface area contributed by atoms with Crippen molar-refractivity contribution >= 4 is 22.7 Å². The van der Waals surface area contributed by atoms with Gasteiger partial charge in [-0.2, -0.15) is 0 Å². The summed E-state index contributed by atoms with van der Waals surface area (Å²) in [6.45, 7) is 0. The van der Waals surface area contributed by atoms with Crippen molar-refractivity contribution in [3.8, 4) is 0 Å². The molecule has 2 aromatic rings. The third kappa shape index (κ3) is 1.22. The van der Waals surface area contributed by atoms with E-state index in [4.69, 9.17) is 5.73 Å². The first-order chi connectivity index (χ1) is 7.77. The van der Waals surface area contributed by atoms with E-state index in [1.807, 2.05) is 25.4 Å². The minimum atomic E-state index is -0.0693. The molecule has 0 spiro atoms. The van der Waals surface area contributed by atoms with E-state index in [1.54, 1.807) is 0 Å². The monoisotopic (exact) mass is 211 g/mol. The highest BCUT2D eigenvalue weighted by atomic mass is 15.2. The number of nitrogens with zero attached hydrogens (tertiary/aromatic N) is 2. The Morgan fingerprint density at radius 1 is 1.31 bits per heavy atom. The van der Waals surface area contributed by atoms with Crippen LogP contribution in [0.15, 0.2) is 36.5 Å². The SMILES string of the molecule is CN1c2c(ccc3cccnc23)C=CC1N. The van der Waals surface area contributed by atoms with Crippen molar-refractivity contribution in [1.82, 2.24) is 4.98 Å². The largest absolute Gasteiger partial charge is 0.354 e. The minimum absolute atomic E-state index is 0.0693. The fourth-order valence-electron chi connectivity index (χ4n) is 2.13. The summed E-state index contributed by atoms with van der Waals surface area (Å²) in [5, 5.41) is 1.15. The number of anilines is 1. The lowest BCUT2D eigenvalue weighted by Gasteiger charge is -2.30. The normalized spacial score (nSPS) is 18.9. The smallest absolute Gasteiger partial charge is 0.0962 e. The zero-order valence-corrected chi connectivity index (χ0v) is 9.09. The van der Waals surface area contributed by atoms with Gasteiger partial charge in [0.25, 0.3) is 0 Å². The van der Waals surface area contributed by atoms with Gasteiger partial charge in [-0.1, -0.05) is 24.3 Å². The van der Waals surface area contributed by atoms with E-state index in [9.17, 15) is 0 Å². The molecule has 0 fully saturated rings. The number of benzene rings is 1. The molecule has 1 aliphatic rings. The van der Waals surface area contributed by atoms with Crippen LogP contribution in [-0.4, -0.2) is 18.2 Å². The summed E-state index contributed by atoms with van der Waals surface area (Å²) < 4.78 is 0. The molecule has 3 heteroatoms. The lowest BCUT2D eigenvalue weighted by molar-refractivity contribution is 0.785. The van der Waals surface area contributed by atoms with E-state index >= 15 is 0 Å². The Kier molecular flexibility index (Phi) is 1.94. The van der Waals surface area contributed by atoms with Crippen LogP contribution in [0.4, 0.5) is 5.69 Å². The van der Waals surface area contributed by atoms with E-state index < -0.39 is 0 Å². The number of nitrogens with two attached hydrogens (primary N) is 1. The van der Waals surface area contributed by atoms with Crippen molar-refractivity contribution in [2.24, 2.45) is 5.73 Å². The fraction of sp³-hybridized carbons (Fsp3) is 0.154. The second kappa shape index (κ2) is 3.32. The molecule has 0 saturated carbocycles. The van der Waals surface area contributed by atoms with Crippen molar-refractivity contribution in [2.45, 2.75) is 6.17 Å². The maximum absolute atomic E-state index is 6.00. The fourth-order valence-corrected chi connectivity index (χ4v) is 2.13. The molecule has 2 heterocycles. The minimum Gasteiger partial charge on any atom is -0.354 e. The van der Waals surface area contributed by atoms with Gasteiger partial charge in [0.15, 0.2) is 0 Å². The second-order valence-electron chi connectivity index (χ2n) is 4.04. The maximum Gasteiger partial charge on any atom is 0.0962 e. The van der Waals surface area contributed by atoms with Crippen LogP contribution >= 0.6 is 0 Å². The van der Waals surface area contributed by atoms with Crippen LogP contribution in [0.1, 0.15) is 5.56 Å². The molecular formula is C13H13N3. The van der Waals surface area contributed by atoms with E-state index in [-0.39, 0.29) is 6.17 Å². The molecule has 0 aliphatic carbocycles. The number of rotatable bonds is 0. The van der Waals surface area contributed by atoms with Gasteiger partial charge in [0, 0.05) is 18.6 Å². The first-order valence-corrected chi connectivity index (χ1v) is 5.32. The summed E-state index contributed by atoms with van der Waals surface area (Å²) in [6.07, 6.45) is 5.81. The zero-order valence-electron chi connectivity index (χ0n) is 9.09. The Morgan fingerprint density at radius 2 is 2.19 bits per heavy atom. The molecular weight excluding hydrogens is 198 g/mol. The van der Waals surface area contributed by atoms with E-state index in [2.05, 4.69) is 34.2 Å². The maximum atomic E-state index is 6.00. The highest BCUT2D eigenvalue weighted by Crippen LogP contribution is 2.32. The average molecular weight is 211 g/mol. The van der Waals surface area contributed by atoms with Crippen LogP contribution < -0.4 is 10.6 Å². The number of hydrogen-bond donors (Lipinski definition) is 1. The van der Waals surface area contributed by atoms with Gasteiger partial charge in [-0.05, 0) is 17.7 Å². The Morgan fingerprint density at radius 3 is 3.06 bits per heavy atom. The molecule has 1 aliphatic heterocycles. The van der Waals surface area contributed by atoms with Crippen molar-refractivity contribution in [3.63, 3.8) is 0 Å². The average Bonchev–Trinajstić information content (AvgIpc) is 2.33. The number of aromatic nitrogens is 1. The van der Waals surface area contributed by atoms with Crippen LogP contribution in [0.25, 0.3) is 17.0 Å². The summed E-state index contributed by atoms with van der Waals surface area (Å²) in [5.41, 5.74) is 9.31. The predicted octanol–water partition coefficient (Wildman–Crippen LogP) is 1.98. The van der Waals surface area contributed by atoms with Crippen molar-refractivity contribution < 1.29 is 0 Å². The van der Waals surface area contributed by atoms with Crippen LogP contribution in [0, 0.1) is 0 Å². The molecule has 1 unspecified atom stereocenters. The van der Waals surface area contributed by atoms with E-state index in [0.29, 0.717) is 0 Å². The summed E-state index contributed by atoms with van der Waals surface area (Å²) in [4.78, 5) is 6.51. The molecule has 2 N–H and O–H groups in total. The van der Waals surface area contributed by atoms with Gasteiger partial charge >= 0.3 is 0 Å². The lowest BCUT2D eigenvalue weighted by Crippen LogP contribution is -2.39.